The normalized spacial score (nSPS) is 21.3. The number of ether oxygens (including phenoxy) is 1. The molecule has 0 spiro atoms. The van der Waals surface area contributed by atoms with Crippen LogP contribution in [-0.4, -0.2) is 26.0 Å². The van der Waals surface area contributed by atoms with Gasteiger partial charge in [0, 0.05) is 23.7 Å². The first-order valence-corrected chi connectivity index (χ1v) is 5.26. The maximum atomic E-state index is 10.9. The molecule has 1 aromatic carbocycles. The Kier molecular flexibility index (Phi) is 3.36. The molecule has 0 radical (unpaired) electrons. The average molecular weight is 226 g/mol. The van der Waals surface area contributed by atoms with Crippen LogP contribution in [0, 0.1) is 0 Å². The molecule has 1 aliphatic heterocycles. The fourth-order valence-corrected chi connectivity index (χ4v) is 1.88. The third-order valence-corrected chi connectivity index (χ3v) is 2.69. The van der Waals surface area contributed by atoms with Gasteiger partial charge in [-0.25, -0.2) is 0 Å². The highest BCUT2D eigenvalue weighted by Gasteiger charge is 2.18. The van der Waals surface area contributed by atoms with Gasteiger partial charge in [-0.1, -0.05) is 11.6 Å². The predicted octanol–water partition coefficient (Wildman–Crippen LogP) is 1.81. The number of aldehydes is 1. The van der Waals surface area contributed by atoms with E-state index < -0.39 is 0 Å². The Morgan fingerprint density at radius 2 is 2.40 bits per heavy atom. The molecule has 0 amide bonds. The lowest BCUT2D eigenvalue weighted by Crippen LogP contribution is -2.33. The number of carbonyl (C=O) groups excluding carboxylic acids is 1. The van der Waals surface area contributed by atoms with E-state index in [-0.39, 0.29) is 6.10 Å². The second kappa shape index (κ2) is 4.75. The summed E-state index contributed by atoms with van der Waals surface area (Å²) in [4.78, 5) is 10.9. The first kappa shape index (κ1) is 10.6. The Balaban J connectivity index is 2.31. The highest BCUT2D eigenvalue weighted by molar-refractivity contribution is 6.30. The zero-order valence-corrected chi connectivity index (χ0v) is 8.96. The van der Waals surface area contributed by atoms with E-state index in [1.54, 1.807) is 18.2 Å². The molecule has 1 aromatic rings. The smallest absolute Gasteiger partial charge is 0.150 e. The van der Waals surface area contributed by atoms with Crippen LogP contribution in [0.4, 0.5) is 0 Å². The summed E-state index contributed by atoms with van der Waals surface area (Å²) in [6, 6.07) is 5.23. The van der Waals surface area contributed by atoms with Crippen molar-refractivity contribution in [2.75, 3.05) is 19.7 Å². The van der Waals surface area contributed by atoms with Crippen LogP contribution >= 0.6 is 11.6 Å². The standard InChI is InChI=1S/C11H12ClNO2/c12-9-2-1-8(7-14)10(5-9)11-6-13-3-4-15-11/h1-2,5,7,11,13H,3-4,6H2. The van der Waals surface area contributed by atoms with Gasteiger partial charge in [0.2, 0.25) is 0 Å². The topological polar surface area (TPSA) is 38.3 Å². The summed E-state index contributed by atoms with van der Waals surface area (Å²) >= 11 is 5.90. The number of nitrogens with one attached hydrogen (secondary N) is 1. The van der Waals surface area contributed by atoms with Gasteiger partial charge in [0.25, 0.3) is 0 Å². The lowest BCUT2D eigenvalue weighted by molar-refractivity contribution is 0.0273. The minimum absolute atomic E-state index is 0.0716. The fourth-order valence-electron chi connectivity index (χ4n) is 1.70. The number of hydrogen-bond acceptors (Lipinski definition) is 3. The van der Waals surface area contributed by atoms with Crippen molar-refractivity contribution in [3.8, 4) is 0 Å². The zero-order chi connectivity index (χ0) is 10.7. The van der Waals surface area contributed by atoms with Gasteiger partial charge in [0.1, 0.15) is 6.29 Å². The molecule has 1 fully saturated rings. The van der Waals surface area contributed by atoms with Crippen molar-refractivity contribution in [1.82, 2.24) is 5.32 Å². The number of hydrogen-bond donors (Lipinski definition) is 1. The van der Waals surface area contributed by atoms with E-state index in [1.807, 2.05) is 0 Å². The van der Waals surface area contributed by atoms with E-state index in [1.165, 1.54) is 0 Å². The van der Waals surface area contributed by atoms with Crippen LogP contribution < -0.4 is 5.32 Å². The first-order valence-electron chi connectivity index (χ1n) is 4.88. The van der Waals surface area contributed by atoms with Gasteiger partial charge in [0.15, 0.2) is 0 Å². The van der Waals surface area contributed by atoms with Gasteiger partial charge >= 0.3 is 0 Å². The summed E-state index contributed by atoms with van der Waals surface area (Å²) in [5.74, 6) is 0. The molecule has 1 aliphatic rings. The van der Waals surface area contributed by atoms with Crippen molar-refractivity contribution in [3.05, 3.63) is 34.3 Å². The van der Waals surface area contributed by atoms with E-state index in [0.717, 1.165) is 24.9 Å². The molecule has 0 aliphatic carbocycles. The molecule has 3 nitrogen and oxygen atoms in total. The molecule has 4 heteroatoms. The number of benzene rings is 1. The van der Waals surface area contributed by atoms with Crippen LogP contribution in [0.1, 0.15) is 22.0 Å². The molecule has 0 aromatic heterocycles. The maximum absolute atomic E-state index is 10.9. The molecule has 15 heavy (non-hydrogen) atoms. The van der Waals surface area contributed by atoms with E-state index in [0.29, 0.717) is 17.2 Å². The second-order valence-corrected chi connectivity index (χ2v) is 3.89. The predicted molar refractivity (Wildman–Crippen MR) is 58.4 cm³/mol. The van der Waals surface area contributed by atoms with Crippen molar-refractivity contribution in [1.29, 1.82) is 0 Å². The monoisotopic (exact) mass is 225 g/mol. The Morgan fingerprint density at radius 1 is 1.53 bits per heavy atom. The van der Waals surface area contributed by atoms with Crippen molar-refractivity contribution in [2.24, 2.45) is 0 Å². The van der Waals surface area contributed by atoms with E-state index in [2.05, 4.69) is 5.32 Å². The van der Waals surface area contributed by atoms with Crippen LogP contribution in [0.3, 0.4) is 0 Å². The molecular weight excluding hydrogens is 214 g/mol. The second-order valence-electron chi connectivity index (χ2n) is 3.45. The molecule has 0 saturated carbocycles. The van der Waals surface area contributed by atoms with Crippen LogP contribution in [-0.2, 0) is 4.74 Å². The Morgan fingerprint density at radius 3 is 3.07 bits per heavy atom. The molecule has 1 atom stereocenters. The maximum Gasteiger partial charge on any atom is 0.150 e. The Bertz CT molecular complexity index is 362. The molecule has 1 N–H and O–H groups in total. The van der Waals surface area contributed by atoms with E-state index >= 15 is 0 Å². The highest BCUT2D eigenvalue weighted by Crippen LogP contribution is 2.24. The number of rotatable bonds is 2. The van der Waals surface area contributed by atoms with Crippen LogP contribution in [0.15, 0.2) is 18.2 Å². The lowest BCUT2D eigenvalue weighted by Gasteiger charge is -2.25. The molecule has 1 saturated heterocycles. The molecule has 2 rings (SSSR count). The van der Waals surface area contributed by atoms with Gasteiger partial charge in [-0.2, -0.15) is 0 Å². The Hall–Kier alpha value is -0.900. The van der Waals surface area contributed by atoms with Gasteiger partial charge < -0.3 is 10.1 Å². The molecule has 1 heterocycles. The molecule has 80 valence electrons. The summed E-state index contributed by atoms with van der Waals surface area (Å²) in [6.45, 7) is 2.24. The SMILES string of the molecule is O=Cc1ccc(Cl)cc1C1CNCCO1. The minimum atomic E-state index is -0.0716. The molecule has 0 bridgehead atoms. The number of morpholine rings is 1. The summed E-state index contributed by atoms with van der Waals surface area (Å²) < 4.78 is 5.58. The summed E-state index contributed by atoms with van der Waals surface area (Å²) in [5, 5.41) is 3.85. The highest BCUT2D eigenvalue weighted by atomic mass is 35.5. The average Bonchev–Trinajstić information content (AvgIpc) is 2.30. The fraction of sp³-hybridized carbons (Fsp3) is 0.364. The quantitative estimate of drug-likeness (QED) is 0.781. The number of carbonyl (C=O) groups is 1. The van der Waals surface area contributed by atoms with Crippen molar-refractivity contribution in [3.63, 3.8) is 0 Å². The third-order valence-electron chi connectivity index (χ3n) is 2.45. The van der Waals surface area contributed by atoms with Gasteiger partial charge in [-0.05, 0) is 23.8 Å². The molecular formula is C11H12ClNO2. The first-order chi connectivity index (χ1) is 7.31. The largest absolute Gasteiger partial charge is 0.371 e. The van der Waals surface area contributed by atoms with Crippen molar-refractivity contribution >= 4 is 17.9 Å². The summed E-state index contributed by atoms with van der Waals surface area (Å²) in [5.41, 5.74) is 1.51. The van der Waals surface area contributed by atoms with Crippen LogP contribution in [0.2, 0.25) is 5.02 Å². The van der Waals surface area contributed by atoms with Gasteiger partial charge in [-0.3, -0.25) is 4.79 Å². The molecule has 1 unspecified atom stereocenters. The zero-order valence-electron chi connectivity index (χ0n) is 8.20. The van der Waals surface area contributed by atoms with Crippen LogP contribution in [0.5, 0.6) is 0 Å². The van der Waals surface area contributed by atoms with Gasteiger partial charge in [-0.15, -0.1) is 0 Å². The Labute approximate surface area is 93.4 Å². The summed E-state index contributed by atoms with van der Waals surface area (Å²) in [6.07, 6.45) is 0.765. The number of halogens is 1. The van der Waals surface area contributed by atoms with E-state index in [9.17, 15) is 4.79 Å². The minimum Gasteiger partial charge on any atom is -0.371 e. The van der Waals surface area contributed by atoms with Crippen molar-refractivity contribution in [2.45, 2.75) is 6.10 Å². The van der Waals surface area contributed by atoms with Crippen LogP contribution in [0.25, 0.3) is 0 Å². The van der Waals surface area contributed by atoms with Crippen molar-refractivity contribution < 1.29 is 9.53 Å². The lowest BCUT2D eigenvalue weighted by atomic mass is 10.0. The van der Waals surface area contributed by atoms with Gasteiger partial charge in [0.05, 0.1) is 12.7 Å². The van der Waals surface area contributed by atoms with E-state index in [4.69, 9.17) is 16.3 Å². The third kappa shape index (κ3) is 2.37. The summed E-state index contributed by atoms with van der Waals surface area (Å²) in [7, 11) is 0.